The maximum atomic E-state index is 12.7. The van der Waals surface area contributed by atoms with Gasteiger partial charge in [-0.2, -0.15) is 0 Å². The summed E-state index contributed by atoms with van der Waals surface area (Å²) in [5.74, 6) is -0.0991. The maximum Gasteiger partial charge on any atom is 0.307 e. The molecular weight excluding hydrogens is 314 g/mol. The molecule has 0 aromatic heterocycles. The zero-order chi connectivity index (χ0) is 18.5. The van der Waals surface area contributed by atoms with Gasteiger partial charge in [0, 0.05) is 12.0 Å². The highest BCUT2D eigenvalue weighted by molar-refractivity contribution is 5.72. The topological polar surface area (TPSA) is 40.0 Å². The van der Waals surface area contributed by atoms with Crippen molar-refractivity contribution in [3.8, 4) is 0 Å². The van der Waals surface area contributed by atoms with Crippen LogP contribution in [0.2, 0.25) is 0 Å². The van der Waals surface area contributed by atoms with Gasteiger partial charge < -0.3 is 14.4 Å². The van der Waals surface area contributed by atoms with Crippen molar-refractivity contribution < 1.29 is 19.2 Å². The number of esters is 1. The number of quaternary nitrogens is 1. The van der Waals surface area contributed by atoms with Crippen LogP contribution in [0.4, 0.5) is 0 Å². The monoisotopic (exact) mass is 348 g/mol. The summed E-state index contributed by atoms with van der Waals surface area (Å²) in [4.78, 5) is 14.0. The van der Waals surface area contributed by atoms with E-state index < -0.39 is 0 Å². The van der Waals surface area contributed by atoms with Gasteiger partial charge in [-0.25, -0.2) is 0 Å². The lowest BCUT2D eigenvalue weighted by Gasteiger charge is -2.46. The van der Waals surface area contributed by atoms with Gasteiger partial charge in [0.05, 0.1) is 26.1 Å². The van der Waals surface area contributed by atoms with E-state index in [1.54, 1.807) is 0 Å². The first-order valence-corrected chi connectivity index (χ1v) is 9.47. The second-order valence-electron chi connectivity index (χ2n) is 8.11. The van der Waals surface area contributed by atoms with Crippen LogP contribution in [0.3, 0.4) is 0 Å². The summed E-state index contributed by atoms with van der Waals surface area (Å²) in [5, 5.41) is 0. The molecule has 1 aromatic carbocycles. The minimum absolute atomic E-state index is 0.0669. The molecule has 0 spiro atoms. The number of likely N-dealkylation sites (N-methyl/N-ethyl adjacent to an activating group) is 1. The molecule has 1 saturated heterocycles. The van der Waals surface area contributed by atoms with Crippen molar-refractivity contribution in [2.45, 2.75) is 63.6 Å². The van der Waals surface area contributed by atoms with E-state index in [0.29, 0.717) is 13.0 Å². The Morgan fingerprint density at radius 3 is 2.60 bits per heavy atom. The first-order chi connectivity index (χ1) is 11.8. The van der Waals surface area contributed by atoms with Gasteiger partial charge in [0.2, 0.25) is 0 Å². The van der Waals surface area contributed by atoms with Crippen molar-refractivity contribution in [3.05, 3.63) is 35.9 Å². The Balaban J connectivity index is 2.20. The van der Waals surface area contributed by atoms with E-state index >= 15 is 0 Å². The molecule has 0 saturated carbocycles. The van der Waals surface area contributed by atoms with Gasteiger partial charge in [-0.15, -0.1) is 0 Å². The van der Waals surface area contributed by atoms with E-state index in [4.69, 9.17) is 9.47 Å². The molecule has 140 valence electrons. The summed E-state index contributed by atoms with van der Waals surface area (Å²) in [6.45, 7) is 7.79. The highest BCUT2D eigenvalue weighted by atomic mass is 16.5. The van der Waals surface area contributed by atoms with Gasteiger partial charge in [0.15, 0.2) is 0 Å². The number of hydrogen-bond donors (Lipinski definition) is 1. The minimum atomic E-state index is -0.202. The zero-order valence-electron chi connectivity index (χ0n) is 16.4. The molecule has 1 aromatic rings. The molecule has 1 aliphatic rings. The molecular formula is C21H34NO3+. The molecule has 25 heavy (non-hydrogen) atoms. The van der Waals surface area contributed by atoms with Crippen LogP contribution in [-0.4, -0.2) is 44.9 Å². The van der Waals surface area contributed by atoms with E-state index in [-0.39, 0.29) is 23.1 Å². The zero-order valence-corrected chi connectivity index (χ0v) is 16.4. The first-order valence-electron chi connectivity index (χ1n) is 9.47. The predicted octanol–water partition coefficient (Wildman–Crippen LogP) is 2.37. The van der Waals surface area contributed by atoms with Crippen molar-refractivity contribution in [2.24, 2.45) is 0 Å². The van der Waals surface area contributed by atoms with Crippen LogP contribution < -0.4 is 4.90 Å². The summed E-state index contributed by atoms with van der Waals surface area (Å²) >= 11 is 0. The van der Waals surface area contributed by atoms with E-state index in [9.17, 15) is 4.79 Å². The minimum Gasteiger partial charge on any atom is -0.457 e. The fourth-order valence-corrected chi connectivity index (χ4v) is 4.03. The van der Waals surface area contributed by atoms with Crippen molar-refractivity contribution in [1.29, 1.82) is 0 Å². The Morgan fingerprint density at radius 1 is 1.32 bits per heavy atom. The standard InChI is InChI=1S/C21H33NO3/c1-6-20(3)16-21(12-13-24-20,18-10-8-7-9-11-18)14-19(23)25-17(2)15-22(4)5/h7-11,17H,6,12-16H2,1-5H3/p+1/t17-,20-,21+/m0/s1. The van der Waals surface area contributed by atoms with Crippen LogP contribution in [0.1, 0.15) is 52.0 Å². The average Bonchev–Trinajstić information content (AvgIpc) is 2.54. The van der Waals surface area contributed by atoms with Gasteiger partial charge >= 0.3 is 5.97 Å². The molecule has 0 radical (unpaired) electrons. The molecule has 1 aliphatic heterocycles. The van der Waals surface area contributed by atoms with Gasteiger partial charge in [-0.1, -0.05) is 37.3 Å². The maximum absolute atomic E-state index is 12.7. The lowest BCUT2D eigenvalue weighted by molar-refractivity contribution is -0.861. The van der Waals surface area contributed by atoms with Crippen LogP contribution in [0.15, 0.2) is 30.3 Å². The molecule has 0 amide bonds. The molecule has 1 heterocycles. The molecule has 1 fully saturated rings. The van der Waals surface area contributed by atoms with Crippen molar-refractivity contribution in [1.82, 2.24) is 0 Å². The number of ether oxygens (including phenoxy) is 2. The third-order valence-corrected chi connectivity index (χ3v) is 5.39. The van der Waals surface area contributed by atoms with Crippen LogP contribution >= 0.6 is 0 Å². The molecule has 0 aliphatic carbocycles. The van der Waals surface area contributed by atoms with Crippen LogP contribution in [0.25, 0.3) is 0 Å². The summed E-state index contributed by atoms with van der Waals surface area (Å²) in [5.41, 5.74) is 0.834. The molecule has 1 N–H and O–H groups in total. The lowest BCUT2D eigenvalue weighted by atomic mass is 9.66. The van der Waals surface area contributed by atoms with Crippen LogP contribution in [0.5, 0.6) is 0 Å². The van der Waals surface area contributed by atoms with E-state index in [1.807, 2.05) is 13.0 Å². The number of carbonyl (C=O) groups excluding carboxylic acids is 1. The van der Waals surface area contributed by atoms with E-state index in [2.05, 4.69) is 52.2 Å². The predicted molar refractivity (Wildman–Crippen MR) is 99.9 cm³/mol. The largest absolute Gasteiger partial charge is 0.457 e. The van der Waals surface area contributed by atoms with Crippen LogP contribution in [0, 0.1) is 0 Å². The second-order valence-corrected chi connectivity index (χ2v) is 8.11. The highest BCUT2D eigenvalue weighted by Crippen LogP contribution is 2.45. The van der Waals surface area contributed by atoms with E-state index in [0.717, 1.165) is 25.8 Å². The summed E-state index contributed by atoms with van der Waals surface area (Å²) < 4.78 is 11.8. The smallest absolute Gasteiger partial charge is 0.307 e. The third kappa shape index (κ3) is 5.29. The molecule has 0 bridgehead atoms. The normalized spacial score (nSPS) is 27.9. The Morgan fingerprint density at radius 2 is 2.00 bits per heavy atom. The highest BCUT2D eigenvalue weighted by Gasteiger charge is 2.45. The van der Waals surface area contributed by atoms with Gasteiger partial charge in [0.1, 0.15) is 12.6 Å². The van der Waals surface area contributed by atoms with Crippen LogP contribution in [-0.2, 0) is 19.7 Å². The van der Waals surface area contributed by atoms with Crippen molar-refractivity contribution in [3.63, 3.8) is 0 Å². The second kappa shape index (κ2) is 8.33. The molecule has 3 atom stereocenters. The molecule has 2 rings (SSSR count). The molecule has 4 heteroatoms. The SMILES string of the molecule is CC[C@@]1(C)C[C@@](CC(=O)O[C@@H](C)C[NH+](C)C)(c2ccccc2)CCO1. The van der Waals surface area contributed by atoms with E-state index in [1.165, 1.54) is 10.5 Å². The summed E-state index contributed by atoms with van der Waals surface area (Å²) in [6.07, 6.45) is 3.00. The first kappa shape index (κ1) is 19.9. The number of benzene rings is 1. The quantitative estimate of drug-likeness (QED) is 0.769. The number of hydrogen-bond acceptors (Lipinski definition) is 3. The Bertz CT molecular complexity index is 560. The van der Waals surface area contributed by atoms with Gasteiger partial charge in [-0.05, 0) is 38.7 Å². The summed E-state index contributed by atoms with van der Waals surface area (Å²) in [7, 11) is 4.14. The Hall–Kier alpha value is -1.39. The Kier molecular flexibility index (Phi) is 6.64. The lowest BCUT2D eigenvalue weighted by Crippen LogP contribution is -3.07. The van der Waals surface area contributed by atoms with Gasteiger partial charge in [0.25, 0.3) is 0 Å². The number of nitrogens with one attached hydrogen (secondary N) is 1. The fraction of sp³-hybridized carbons (Fsp3) is 0.667. The van der Waals surface area contributed by atoms with Gasteiger partial charge in [-0.3, -0.25) is 4.79 Å². The Labute approximate surface area is 152 Å². The van der Waals surface area contributed by atoms with Crippen molar-refractivity contribution in [2.75, 3.05) is 27.2 Å². The number of rotatable bonds is 7. The molecule has 4 nitrogen and oxygen atoms in total. The fourth-order valence-electron chi connectivity index (χ4n) is 4.03. The molecule has 0 unspecified atom stereocenters. The average molecular weight is 349 g/mol. The third-order valence-electron chi connectivity index (χ3n) is 5.39. The number of carbonyl (C=O) groups is 1. The summed E-state index contributed by atoms with van der Waals surface area (Å²) in [6, 6.07) is 10.4. The van der Waals surface area contributed by atoms with Crippen molar-refractivity contribution >= 4 is 5.97 Å².